The van der Waals surface area contributed by atoms with E-state index in [4.69, 9.17) is 5.11 Å². The van der Waals surface area contributed by atoms with E-state index in [1.807, 2.05) is 0 Å². The van der Waals surface area contributed by atoms with Gasteiger partial charge < -0.3 is 10.2 Å². The summed E-state index contributed by atoms with van der Waals surface area (Å²) in [6.07, 6.45) is 0. The van der Waals surface area contributed by atoms with E-state index in [2.05, 4.69) is 0 Å². The van der Waals surface area contributed by atoms with Crippen LogP contribution >= 0.6 is 0 Å². The quantitative estimate of drug-likeness (QED) is 0.854. The van der Waals surface area contributed by atoms with E-state index >= 15 is 0 Å². The molecular formula is C12H10O4S. The van der Waals surface area contributed by atoms with Crippen LogP contribution in [0.15, 0.2) is 58.3 Å². The number of hydrogen-bond acceptors (Lipinski definition) is 4. The third kappa shape index (κ3) is 2.09. The average Bonchev–Trinajstić information content (AvgIpc) is 2.30. The molecule has 0 saturated heterocycles. The van der Waals surface area contributed by atoms with Gasteiger partial charge in [-0.25, -0.2) is 8.42 Å². The smallest absolute Gasteiger partial charge is 0.210 e. The molecule has 0 radical (unpaired) electrons. The van der Waals surface area contributed by atoms with E-state index in [1.54, 1.807) is 6.07 Å². The second-order valence-electron chi connectivity index (χ2n) is 3.47. The van der Waals surface area contributed by atoms with Crippen LogP contribution in [0.2, 0.25) is 0 Å². The summed E-state index contributed by atoms with van der Waals surface area (Å²) < 4.78 is 24.2. The van der Waals surface area contributed by atoms with Crippen molar-refractivity contribution in [2.75, 3.05) is 0 Å². The van der Waals surface area contributed by atoms with E-state index in [9.17, 15) is 13.5 Å². The normalized spacial score (nSPS) is 11.3. The maximum absolute atomic E-state index is 12.1. The summed E-state index contributed by atoms with van der Waals surface area (Å²) >= 11 is 0. The fraction of sp³-hybridized carbons (Fsp3) is 0. The highest BCUT2D eigenvalue weighted by atomic mass is 32.2. The molecule has 0 amide bonds. The van der Waals surface area contributed by atoms with Crippen molar-refractivity contribution in [3.05, 3.63) is 48.5 Å². The zero-order chi connectivity index (χ0) is 12.5. The molecule has 0 aliphatic heterocycles. The highest BCUT2D eigenvalue weighted by molar-refractivity contribution is 7.91. The van der Waals surface area contributed by atoms with Gasteiger partial charge in [0.1, 0.15) is 16.4 Å². The highest BCUT2D eigenvalue weighted by Crippen LogP contribution is 2.28. The lowest BCUT2D eigenvalue weighted by Gasteiger charge is -2.06. The first kappa shape index (κ1) is 11.5. The average molecular weight is 250 g/mol. The number of rotatable bonds is 2. The number of benzene rings is 2. The van der Waals surface area contributed by atoms with Gasteiger partial charge in [-0.2, -0.15) is 0 Å². The second-order valence-corrected chi connectivity index (χ2v) is 5.38. The summed E-state index contributed by atoms with van der Waals surface area (Å²) in [5.74, 6) is -0.304. The van der Waals surface area contributed by atoms with Gasteiger partial charge in [0.25, 0.3) is 0 Å². The molecule has 0 aromatic heterocycles. The molecule has 0 heterocycles. The van der Waals surface area contributed by atoms with Crippen LogP contribution in [0.3, 0.4) is 0 Å². The minimum atomic E-state index is -3.75. The molecule has 0 unspecified atom stereocenters. The van der Waals surface area contributed by atoms with Gasteiger partial charge in [-0.3, -0.25) is 0 Å². The highest BCUT2D eigenvalue weighted by Gasteiger charge is 2.20. The molecule has 0 aliphatic carbocycles. The lowest BCUT2D eigenvalue weighted by atomic mass is 10.3. The Morgan fingerprint density at radius 1 is 0.824 bits per heavy atom. The van der Waals surface area contributed by atoms with Gasteiger partial charge in [0, 0.05) is 0 Å². The molecule has 0 saturated carbocycles. The van der Waals surface area contributed by atoms with Crippen LogP contribution in [0.5, 0.6) is 11.5 Å². The minimum absolute atomic E-state index is 0.0127. The monoisotopic (exact) mass is 250 g/mol. The fourth-order valence-corrected chi connectivity index (χ4v) is 2.79. The number of phenols is 2. The molecule has 2 N–H and O–H groups in total. The number of hydrogen-bond donors (Lipinski definition) is 2. The zero-order valence-electron chi connectivity index (χ0n) is 8.74. The van der Waals surface area contributed by atoms with Gasteiger partial charge in [-0.05, 0) is 36.4 Å². The van der Waals surface area contributed by atoms with Crippen molar-refractivity contribution in [3.63, 3.8) is 0 Å². The first-order chi connectivity index (χ1) is 8.01. The molecule has 5 heteroatoms. The van der Waals surface area contributed by atoms with Crippen LogP contribution in [0.1, 0.15) is 0 Å². The summed E-state index contributed by atoms with van der Waals surface area (Å²) in [6, 6.07) is 10.9. The number of para-hydroxylation sites is 1. The predicted octanol–water partition coefficient (Wildman–Crippen LogP) is 1.93. The molecular weight excluding hydrogens is 240 g/mol. The molecule has 17 heavy (non-hydrogen) atoms. The van der Waals surface area contributed by atoms with Crippen LogP contribution < -0.4 is 0 Å². The third-order valence-electron chi connectivity index (χ3n) is 2.30. The predicted molar refractivity (Wildman–Crippen MR) is 61.7 cm³/mol. The summed E-state index contributed by atoms with van der Waals surface area (Å²) in [7, 11) is -3.75. The Hall–Kier alpha value is -2.01. The summed E-state index contributed by atoms with van der Waals surface area (Å²) in [5.41, 5.74) is 0. The number of sulfone groups is 1. The molecule has 0 aliphatic rings. The Morgan fingerprint density at radius 3 is 2.00 bits per heavy atom. The topological polar surface area (TPSA) is 74.6 Å². The van der Waals surface area contributed by atoms with Crippen LogP contribution in [-0.2, 0) is 9.84 Å². The summed E-state index contributed by atoms with van der Waals surface area (Å²) in [6.45, 7) is 0. The fourth-order valence-electron chi connectivity index (χ4n) is 1.44. The Morgan fingerprint density at radius 2 is 1.41 bits per heavy atom. The standard InChI is InChI=1S/C12H10O4S/c13-9-5-7-10(8-6-9)17(15,16)12-4-2-1-3-11(12)14/h1-8,13-14H. The molecule has 0 atom stereocenters. The minimum Gasteiger partial charge on any atom is -0.508 e. The van der Waals surface area contributed by atoms with Crippen LogP contribution in [0, 0.1) is 0 Å². The van der Waals surface area contributed by atoms with Crippen molar-refractivity contribution in [2.24, 2.45) is 0 Å². The SMILES string of the molecule is O=S(=O)(c1ccc(O)cc1)c1ccccc1O. The molecule has 2 aromatic rings. The number of aromatic hydroxyl groups is 2. The first-order valence-electron chi connectivity index (χ1n) is 4.84. The van der Waals surface area contributed by atoms with E-state index in [0.29, 0.717) is 0 Å². The zero-order valence-corrected chi connectivity index (χ0v) is 9.55. The van der Waals surface area contributed by atoms with Crippen molar-refractivity contribution in [3.8, 4) is 11.5 Å². The molecule has 4 nitrogen and oxygen atoms in total. The number of phenolic OH excluding ortho intramolecular Hbond substituents is 2. The van der Waals surface area contributed by atoms with Crippen molar-refractivity contribution in [2.45, 2.75) is 9.79 Å². The molecule has 0 spiro atoms. The van der Waals surface area contributed by atoms with Crippen molar-refractivity contribution in [1.29, 1.82) is 0 Å². The lowest BCUT2D eigenvalue weighted by molar-refractivity contribution is 0.459. The molecule has 2 aromatic carbocycles. The third-order valence-corrected chi connectivity index (χ3v) is 4.12. The second kappa shape index (κ2) is 4.10. The van der Waals surface area contributed by atoms with E-state index in [1.165, 1.54) is 42.5 Å². The van der Waals surface area contributed by atoms with Gasteiger partial charge >= 0.3 is 0 Å². The van der Waals surface area contributed by atoms with Crippen molar-refractivity contribution in [1.82, 2.24) is 0 Å². The summed E-state index contributed by atoms with van der Waals surface area (Å²) in [5, 5.41) is 18.6. The maximum Gasteiger partial charge on any atom is 0.210 e. The largest absolute Gasteiger partial charge is 0.508 e. The van der Waals surface area contributed by atoms with Gasteiger partial charge in [0.15, 0.2) is 0 Å². The lowest BCUT2D eigenvalue weighted by Crippen LogP contribution is -2.01. The van der Waals surface area contributed by atoms with E-state index in [-0.39, 0.29) is 21.3 Å². The van der Waals surface area contributed by atoms with E-state index < -0.39 is 9.84 Å². The molecule has 0 fully saturated rings. The summed E-state index contributed by atoms with van der Waals surface area (Å²) in [4.78, 5) is -0.123. The Labute approximate surface area is 98.7 Å². The molecule has 88 valence electrons. The molecule has 2 rings (SSSR count). The van der Waals surface area contributed by atoms with Crippen molar-refractivity contribution >= 4 is 9.84 Å². The maximum atomic E-state index is 12.1. The Kier molecular flexibility index (Phi) is 2.77. The van der Waals surface area contributed by atoms with Gasteiger partial charge in [-0.15, -0.1) is 0 Å². The van der Waals surface area contributed by atoms with E-state index in [0.717, 1.165) is 0 Å². The van der Waals surface area contributed by atoms with Crippen LogP contribution in [0.4, 0.5) is 0 Å². The van der Waals surface area contributed by atoms with Gasteiger partial charge in [0.2, 0.25) is 9.84 Å². The van der Waals surface area contributed by atoms with Gasteiger partial charge in [-0.1, -0.05) is 12.1 Å². The van der Waals surface area contributed by atoms with Gasteiger partial charge in [0.05, 0.1) is 4.90 Å². The van der Waals surface area contributed by atoms with Crippen LogP contribution in [-0.4, -0.2) is 18.6 Å². The Bertz CT molecular complexity index is 630. The van der Waals surface area contributed by atoms with Crippen molar-refractivity contribution < 1.29 is 18.6 Å². The van der Waals surface area contributed by atoms with Crippen LogP contribution in [0.25, 0.3) is 0 Å². The first-order valence-corrected chi connectivity index (χ1v) is 6.32. The molecule has 0 bridgehead atoms. The Balaban J connectivity index is 2.58.